The van der Waals surface area contributed by atoms with E-state index in [4.69, 9.17) is 27.9 Å². The van der Waals surface area contributed by atoms with Gasteiger partial charge in [-0.1, -0.05) is 65.7 Å². The molecule has 1 aliphatic rings. The first-order valence-electron chi connectivity index (χ1n) is 11.7. The largest absolute Gasteiger partial charge is 0.488 e. The van der Waals surface area contributed by atoms with Crippen LogP contribution in [0, 0.1) is 5.82 Å². The third kappa shape index (κ3) is 6.09. The van der Waals surface area contributed by atoms with E-state index in [-0.39, 0.29) is 17.2 Å². The number of carbonyl (C=O) groups is 3. The Hall–Kier alpha value is -3.85. The van der Waals surface area contributed by atoms with Crippen molar-refractivity contribution in [3.05, 3.63) is 111 Å². The number of rotatable bonds is 7. The first-order valence-corrected chi connectivity index (χ1v) is 13.2. The van der Waals surface area contributed by atoms with E-state index in [1.807, 2.05) is 30.3 Å². The van der Waals surface area contributed by atoms with Crippen molar-refractivity contribution in [3.63, 3.8) is 0 Å². The maximum absolute atomic E-state index is 13.4. The molecule has 6 nitrogen and oxygen atoms in total. The monoisotopic (exact) mass is 580 g/mol. The molecule has 1 heterocycles. The Morgan fingerprint density at radius 1 is 1.00 bits per heavy atom. The highest BCUT2D eigenvalue weighted by molar-refractivity contribution is 8.18. The molecule has 0 aromatic heterocycles. The van der Waals surface area contributed by atoms with Crippen LogP contribution < -0.4 is 10.1 Å². The van der Waals surface area contributed by atoms with Crippen LogP contribution in [0.15, 0.2) is 83.8 Å². The van der Waals surface area contributed by atoms with Crippen molar-refractivity contribution in [2.75, 3.05) is 11.9 Å². The maximum atomic E-state index is 13.4. The predicted molar refractivity (Wildman–Crippen MR) is 152 cm³/mol. The molecule has 1 aliphatic heterocycles. The summed E-state index contributed by atoms with van der Waals surface area (Å²) >= 11 is 13.0. The summed E-state index contributed by atoms with van der Waals surface area (Å²) in [4.78, 5) is 39.3. The molecule has 1 fully saturated rings. The summed E-state index contributed by atoms with van der Waals surface area (Å²) in [6, 6.07) is 21.7. The fraction of sp³-hybridized carbons (Fsp3) is 0.0690. The predicted octanol–water partition coefficient (Wildman–Crippen LogP) is 7.54. The summed E-state index contributed by atoms with van der Waals surface area (Å²) in [7, 11) is 0. The molecule has 0 bridgehead atoms. The fourth-order valence-electron chi connectivity index (χ4n) is 4.02. The number of nitrogens with zero attached hydrogens (tertiary/aromatic N) is 1. The highest BCUT2D eigenvalue weighted by atomic mass is 35.5. The van der Waals surface area contributed by atoms with Crippen molar-refractivity contribution in [3.8, 4) is 5.75 Å². The lowest BCUT2D eigenvalue weighted by molar-refractivity contribution is -0.127. The zero-order chi connectivity index (χ0) is 27.5. The van der Waals surface area contributed by atoms with Crippen LogP contribution in [0.25, 0.3) is 16.8 Å². The van der Waals surface area contributed by atoms with E-state index in [1.165, 1.54) is 18.2 Å². The molecule has 39 heavy (non-hydrogen) atoms. The van der Waals surface area contributed by atoms with Crippen molar-refractivity contribution in [1.82, 2.24) is 4.90 Å². The van der Waals surface area contributed by atoms with E-state index in [9.17, 15) is 18.8 Å². The van der Waals surface area contributed by atoms with Gasteiger partial charge in [-0.2, -0.15) is 0 Å². The van der Waals surface area contributed by atoms with Gasteiger partial charge in [0.1, 0.15) is 24.7 Å². The SMILES string of the molecule is O=C(CN1C(=O)S/C(=C/c2c(OCc3ccc(Cl)cc3Cl)ccc3ccccc23)C1=O)Nc1cccc(F)c1. The number of anilines is 1. The summed E-state index contributed by atoms with van der Waals surface area (Å²) in [6.45, 7) is -0.358. The van der Waals surface area contributed by atoms with Crippen LogP contribution in [0.4, 0.5) is 14.9 Å². The van der Waals surface area contributed by atoms with Crippen molar-refractivity contribution in [2.24, 2.45) is 0 Å². The topological polar surface area (TPSA) is 75.7 Å². The van der Waals surface area contributed by atoms with E-state index >= 15 is 0 Å². The third-order valence-corrected chi connectivity index (χ3v) is 7.38. The molecule has 0 atom stereocenters. The first-order chi connectivity index (χ1) is 18.8. The van der Waals surface area contributed by atoms with Gasteiger partial charge in [-0.3, -0.25) is 19.3 Å². The summed E-state index contributed by atoms with van der Waals surface area (Å²) in [6.07, 6.45) is 1.59. The maximum Gasteiger partial charge on any atom is 0.294 e. The summed E-state index contributed by atoms with van der Waals surface area (Å²) in [5.41, 5.74) is 1.55. The number of imide groups is 1. The Morgan fingerprint density at radius 3 is 2.62 bits per heavy atom. The molecule has 0 radical (unpaired) electrons. The number of hydrogen-bond donors (Lipinski definition) is 1. The smallest absolute Gasteiger partial charge is 0.294 e. The number of benzene rings is 4. The van der Waals surface area contributed by atoms with E-state index in [0.29, 0.717) is 21.4 Å². The van der Waals surface area contributed by atoms with Crippen LogP contribution in [-0.4, -0.2) is 28.5 Å². The van der Waals surface area contributed by atoms with Gasteiger partial charge in [-0.25, -0.2) is 4.39 Å². The van der Waals surface area contributed by atoms with Crippen LogP contribution >= 0.6 is 35.0 Å². The van der Waals surface area contributed by atoms with Crippen molar-refractivity contribution < 1.29 is 23.5 Å². The molecular weight excluding hydrogens is 562 g/mol. The first kappa shape index (κ1) is 26.7. The zero-order valence-corrected chi connectivity index (χ0v) is 22.4. The standard InChI is InChI=1S/C29H19Cl2FN2O4S/c30-19-10-8-18(24(31)12-19)16-38-25-11-9-17-4-1-2-7-22(17)23(25)14-26-28(36)34(29(37)39-26)15-27(35)33-21-6-3-5-20(32)13-21/h1-14H,15-16H2,(H,33,35)/b26-14+. The molecule has 3 amide bonds. The van der Waals surface area contributed by atoms with Gasteiger partial charge in [-0.05, 0) is 65.0 Å². The summed E-state index contributed by atoms with van der Waals surface area (Å²) < 4.78 is 19.5. The Bertz CT molecular complexity index is 1660. The lowest BCUT2D eigenvalue weighted by atomic mass is 10.0. The molecule has 4 aromatic rings. The molecule has 196 valence electrons. The van der Waals surface area contributed by atoms with Crippen LogP contribution in [0.2, 0.25) is 10.0 Å². The van der Waals surface area contributed by atoms with Crippen molar-refractivity contribution in [2.45, 2.75) is 6.61 Å². The minimum absolute atomic E-state index is 0.143. The van der Waals surface area contributed by atoms with Gasteiger partial charge >= 0.3 is 0 Å². The molecule has 0 aliphatic carbocycles. The number of halogens is 3. The quantitative estimate of drug-likeness (QED) is 0.228. The molecule has 1 saturated heterocycles. The Balaban J connectivity index is 1.41. The number of ether oxygens (including phenoxy) is 1. The number of carbonyl (C=O) groups excluding carboxylic acids is 3. The number of thioether (sulfide) groups is 1. The highest BCUT2D eigenvalue weighted by Crippen LogP contribution is 2.37. The number of nitrogens with one attached hydrogen (secondary N) is 1. The minimum Gasteiger partial charge on any atom is -0.488 e. The number of hydrogen-bond acceptors (Lipinski definition) is 5. The van der Waals surface area contributed by atoms with E-state index in [2.05, 4.69) is 5.32 Å². The number of amides is 3. The van der Waals surface area contributed by atoms with Gasteiger partial charge in [0.25, 0.3) is 11.1 Å². The average Bonchev–Trinajstić information content (AvgIpc) is 3.16. The molecule has 0 unspecified atom stereocenters. The second kappa shape index (κ2) is 11.5. The highest BCUT2D eigenvalue weighted by Gasteiger charge is 2.36. The lowest BCUT2D eigenvalue weighted by Crippen LogP contribution is -2.36. The molecule has 5 rings (SSSR count). The van der Waals surface area contributed by atoms with E-state index < -0.39 is 29.4 Å². The van der Waals surface area contributed by atoms with Crippen molar-refractivity contribution in [1.29, 1.82) is 0 Å². The molecule has 1 N–H and O–H groups in total. The zero-order valence-electron chi connectivity index (χ0n) is 20.1. The number of fused-ring (bicyclic) bond motifs is 1. The minimum atomic E-state index is -0.627. The van der Waals surface area contributed by atoms with Crippen LogP contribution in [0.5, 0.6) is 5.75 Å². The average molecular weight is 581 g/mol. The van der Waals surface area contributed by atoms with Gasteiger partial charge in [0.15, 0.2) is 0 Å². The second-order valence-corrected chi connectivity index (χ2v) is 10.4. The van der Waals surface area contributed by atoms with Gasteiger partial charge in [0, 0.05) is 26.9 Å². The van der Waals surface area contributed by atoms with Crippen LogP contribution in [0.3, 0.4) is 0 Å². The Labute approximate surface area is 237 Å². The molecule has 0 spiro atoms. The van der Waals surface area contributed by atoms with Crippen LogP contribution in [0.1, 0.15) is 11.1 Å². The lowest BCUT2D eigenvalue weighted by Gasteiger charge is -2.14. The molecule has 4 aromatic carbocycles. The van der Waals surface area contributed by atoms with E-state index in [1.54, 1.807) is 30.3 Å². The normalized spacial score (nSPS) is 14.3. The molecule has 0 saturated carbocycles. The van der Waals surface area contributed by atoms with E-state index in [0.717, 1.165) is 39.1 Å². The Morgan fingerprint density at radius 2 is 1.82 bits per heavy atom. The molecule has 10 heteroatoms. The molecular formula is C29H19Cl2FN2O4S. The van der Waals surface area contributed by atoms with Gasteiger partial charge in [-0.15, -0.1) is 0 Å². The second-order valence-electron chi connectivity index (χ2n) is 8.55. The Kier molecular flexibility index (Phi) is 7.88. The third-order valence-electron chi connectivity index (χ3n) is 5.89. The fourth-order valence-corrected chi connectivity index (χ4v) is 5.31. The van der Waals surface area contributed by atoms with Crippen LogP contribution in [-0.2, 0) is 16.2 Å². The van der Waals surface area contributed by atoms with Gasteiger partial charge in [0.2, 0.25) is 5.91 Å². The van der Waals surface area contributed by atoms with Crippen molar-refractivity contribution >= 4 is 74.6 Å². The van der Waals surface area contributed by atoms with Gasteiger partial charge in [0.05, 0.1) is 4.91 Å². The summed E-state index contributed by atoms with van der Waals surface area (Å²) in [5.74, 6) is -1.28. The van der Waals surface area contributed by atoms with Gasteiger partial charge < -0.3 is 10.1 Å². The summed E-state index contributed by atoms with van der Waals surface area (Å²) in [5, 5.41) is 4.60.